The van der Waals surface area contributed by atoms with Crippen molar-refractivity contribution in [2.24, 2.45) is 0 Å². The minimum absolute atomic E-state index is 0.115. The molecule has 0 amide bonds. The van der Waals surface area contributed by atoms with E-state index in [-0.39, 0.29) is 17.4 Å². The summed E-state index contributed by atoms with van der Waals surface area (Å²) in [5.74, 6) is -0.958. The third-order valence-electron chi connectivity index (χ3n) is 2.30. The number of nitrogens with one attached hydrogen (secondary N) is 1. The Morgan fingerprint density at radius 3 is 2.78 bits per heavy atom. The maximum atomic E-state index is 13.4. The van der Waals surface area contributed by atoms with E-state index in [1.165, 1.54) is 18.5 Å². The van der Waals surface area contributed by atoms with Crippen LogP contribution >= 0.6 is 11.6 Å². The van der Waals surface area contributed by atoms with Crippen LogP contribution in [0.25, 0.3) is 0 Å². The Morgan fingerprint density at radius 2 is 2.06 bits per heavy atom. The number of nitrogen functional groups attached to an aromatic ring is 1. The first-order valence-corrected chi connectivity index (χ1v) is 5.39. The average molecular weight is 271 g/mol. The van der Waals surface area contributed by atoms with Crippen molar-refractivity contribution in [2.75, 3.05) is 11.1 Å². The largest absolute Gasteiger partial charge is 0.393 e. The molecular weight excluding hydrogens is 262 g/mol. The molecule has 94 valence electrons. The summed E-state index contributed by atoms with van der Waals surface area (Å²) in [6.07, 6.45) is 1.24. The second-order valence-electron chi connectivity index (χ2n) is 3.52. The van der Waals surface area contributed by atoms with Gasteiger partial charge in [0.2, 0.25) is 0 Å². The van der Waals surface area contributed by atoms with Crippen molar-refractivity contribution >= 4 is 23.1 Å². The molecule has 0 aliphatic carbocycles. The predicted molar refractivity (Wildman–Crippen MR) is 65.1 cm³/mol. The highest BCUT2D eigenvalue weighted by atomic mass is 35.5. The fraction of sp³-hybridized carbons (Fsp3) is 0.0909. The Bertz CT molecular complexity index is 577. The zero-order chi connectivity index (χ0) is 13.1. The van der Waals surface area contributed by atoms with Crippen molar-refractivity contribution in [3.05, 3.63) is 46.9 Å². The molecule has 0 aliphatic heterocycles. The molecule has 4 nitrogen and oxygen atoms in total. The standard InChI is InChI=1S/C11H9ClF2N4/c12-10-9(15)11(18-5-17-10)16-4-6-1-2-7(13)3-8(6)14/h1-3,5H,4,15H2,(H,16,17,18). The highest BCUT2D eigenvalue weighted by Gasteiger charge is 2.07. The third-order valence-corrected chi connectivity index (χ3v) is 2.60. The normalized spacial score (nSPS) is 10.4. The lowest BCUT2D eigenvalue weighted by atomic mass is 10.2. The third kappa shape index (κ3) is 2.65. The number of benzene rings is 1. The molecule has 1 aromatic carbocycles. The van der Waals surface area contributed by atoms with Crippen molar-refractivity contribution in [3.8, 4) is 0 Å². The minimum Gasteiger partial charge on any atom is -0.393 e. The first kappa shape index (κ1) is 12.5. The van der Waals surface area contributed by atoms with Crippen molar-refractivity contribution in [1.29, 1.82) is 0 Å². The number of aromatic nitrogens is 2. The SMILES string of the molecule is Nc1c(Cl)ncnc1NCc1ccc(F)cc1F. The molecule has 0 fully saturated rings. The van der Waals surface area contributed by atoms with Crippen molar-refractivity contribution in [2.45, 2.75) is 6.54 Å². The zero-order valence-corrected chi connectivity index (χ0v) is 9.88. The molecule has 0 atom stereocenters. The summed E-state index contributed by atoms with van der Waals surface area (Å²) < 4.78 is 26.1. The summed E-state index contributed by atoms with van der Waals surface area (Å²) >= 11 is 5.71. The van der Waals surface area contributed by atoms with Gasteiger partial charge in [-0.3, -0.25) is 0 Å². The van der Waals surface area contributed by atoms with Crippen LogP contribution in [0.4, 0.5) is 20.3 Å². The summed E-state index contributed by atoms with van der Waals surface area (Å²) in [6, 6.07) is 3.33. The minimum atomic E-state index is -0.638. The topological polar surface area (TPSA) is 63.8 Å². The average Bonchev–Trinajstić information content (AvgIpc) is 2.33. The quantitative estimate of drug-likeness (QED) is 0.842. The summed E-state index contributed by atoms with van der Waals surface area (Å²) in [5.41, 5.74) is 6.11. The molecule has 0 aliphatic rings. The van der Waals surface area contributed by atoms with Gasteiger partial charge in [0.1, 0.15) is 23.6 Å². The smallest absolute Gasteiger partial charge is 0.157 e. The number of hydrogen-bond acceptors (Lipinski definition) is 4. The fourth-order valence-corrected chi connectivity index (χ4v) is 1.49. The molecule has 1 aromatic heterocycles. The highest BCUT2D eigenvalue weighted by Crippen LogP contribution is 2.22. The van der Waals surface area contributed by atoms with E-state index in [9.17, 15) is 8.78 Å². The van der Waals surface area contributed by atoms with Crippen LogP contribution in [0.15, 0.2) is 24.5 Å². The Hall–Kier alpha value is -1.95. The summed E-state index contributed by atoms with van der Waals surface area (Å²) in [7, 11) is 0. The van der Waals surface area contributed by atoms with Gasteiger partial charge >= 0.3 is 0 Å². The summed E-state index contributed by atoms with van der Waals surface area (Å²) in [5, 5.41) is 2.93. The van der Waals surface area contributed by atoms with E-state index in [4.69, 9.17) is 17.3 Å². The first-order chi connectivity index (χ1) is 8.58. The molecule has 2 aromatic rings. The maximum absolute atomic E-state index is 13.4. The van der Waals surface area contributed by atoms with Gasteiger partial charge in [-0.2, -0.15) is 0 Å². The molecule has 0 spiro atoms. The van der Waals surface area contributed by atoms with Gasteiger partial charge in [0, 0.05) is 18.2 Å². The van der Waals surface area contributed by atoms with E-state index in [2.05, 4.69) is 15.3 Å². The van der Waals surface area contributed by atoms with Crippen molar-refractivity contribution in [1.82, 2.24) is 9.97 Å². The van der Waals surface area contributed by atoms with E-state index in [0.717, 1.165) is 6.07 Å². The van der Waals surface area contributed by atoms with Gasteiger partial charge in [-0.15, -0.1) is 0 Å². The van der Waals surface area contributed by atoms with Crippen LogP contribution in [-0.4, -0.2) is 9.97 Å². The zero-order valence-electron chi connectivity index (χ0n) is 9.12. The maximum Gasteiger partial charge on any atom is 0.157 e. The molecule has 7 heteroatoms. The number of anilines is 2. The molecular formula is C11H9ClF2N4. The number of hydrogen-bond donors (Lipinski definition) is 2. The Morgan fingerprint density at radius 1 is 1.28 bits per heavy atom. The van der Waals surface area contributed by atoms with E-state index in [1.807, 2.05) is 0 Å². The van der Waals surface area contributed by atoms with Crippen LogP contribution in [-0.2, 0) is 6.54 Å². The number of nitrogens with zero attached hydrogens (tertiary/aromatic N) is 2. The number of nitrogens with two attached hydrogens (primary N) is 1. The Kier molecular flexibility index (Phi) is 3.57. The van der Waals surface area contributed by atoms with Crippen LogP contribution in [0.1, 0.15) is 5.56 Å². The van der Waals surface area contributed by atoms with E-state index in [0.29, 0.717) is 11.4 Å². The van der Waals surface area contributed by atoms with Crippen LogP contribution in [0.3, 0.4) is 0 Å². The van der Waals surface area contributed by atoms with Crippen molar-refractivity contribution in [3.63, 3.8) is 0 Å². The summed E-state index contributed by atoms with van der Waals surface area (Å²) in [6.45, 7) is 0.115. The molecule has 0 saturated carbocycles. The molecule has 2 rings (SSSR count). The van der Waals surface area contributed by atoms with Crippen molar-refractivity contribution < 1.29 is 8.78 Å². The first-order valence-electron chi connectivity index (χ1n) is 5.01. The second-order valence-corrected chi connectivity index (χ2v) is 3.87. The van der Waals surface area contributed by atoms with Gasteiger partial charge in [0.15, 0.2) is 11.0 Å². The van der Waals surface area contributed by atoms with Crippen LogP contribution in [0, 0.1) is 11.6 Å². The van der Waals surface area contributed by atoms with Gasteiger partial charge in [0.05, 0.1) is 0 Å². The number of rotatable bonds is 3. The molecule has 0 saturated heterocycles. The lowest BCUT2D eigenvalue weighted by molar-refractivity contribution is 0.574. The van der Waals surface area contributed by atoms with E-state index in [1.54, 1.807) is 0 Å². The van der Waals surface area contributed by atoms with Gasteiger partial charge < -0.3 is 11.1 Å². The van der Waals surface area contributed by atoms with Crippen LogP contribution in [0.5, 0.6) is 0 Å². The molecule has 0 radical (unpaired) electrons. The lowest BCUT2D eigenvalue weighted by Gasteiger charge is -2.09. The second kappa shape index (κ2) is 5.14. The fourth-order valence-electron chi connectivity index (χ4n) is 1.36. The molecule has 3 N–H and O–H groups in total. The highest BCUT2D eigenvalue weighted by molar-refractivity contribution is 6.32. The molecule has 0 bridgehead atoms. The van der Waals surface area contributed by atoms with Crippen LogP contribution in [0.2, 0.25) is 5.15 Å². The molecule has 0 unspecified atom stereocenters. The van der Waals surface area contributed by atoms with E-state index >= 15 is 0 Å². The van der Waals surface area contributed by atoms with Gasteiger partial charge in [0.25, 0.3) is 0 Å². The number of halogens is 3. The van der Waals surface area contributed by atoms with E-state index < -0.39 is 11.6 Å². The summed E-state index contributed by atoms with van der Waals surface area (Å²) in [4.78, 5) is 7.56. The Labute approximate surface area is 107 Å². The monoisotopic (exact) mass is 270 g/mol. The predicted octanol–water partition coefficient (Wildman–Crippen LogP) is 2.60. The molecule has 1 heterocycles. The van der Waals surface area contributed by atoms with Crippen LogP contribution < -0.4 is 11.1 Å². The van der Waals surface area contributed by atoms with Gasteiger partial charge in [-0.1, -0.05) is 17.7 Å². The lowest BCUT2D eigenvalue weighted by Crippen LogP contribution is -2.07. The van der Waals surface area contributed by atoms with Gasteiger partial charge in [-0.25, -0.2) is 18.7 Å². The molecule has 18 heavy (non-hydrogen) atoms. The van der Waals surface area contributed by atoms with Gasteiger partial charge in [-0.05, 0) is 6.07 Å². The Balaban J connectivity index is 2.14.